The average molecular weight is 401 g/mol. The maximum absolute atomic E-state index is 6.29. The van der Waals surface area contributed by atoms with E-state index in [1.807, 2.05) is 0 Å². The van der Waals surface area contributed by atoms with E-state index in [1.54, 1.807) is 18.3 Å². The molecule has 0 unspecified atom stereocenters. The van der Waals surface area contributed by atoms with E-state index in [9.17, 15) is 0 Å². The SMILES string of the molecule is CC(C)N1CCN(c2ncc(-c3cc(Cl)cc(Cl)c3Cl)c(N)n2)CC1. The quantitative estimate of drug-likeness (QED) is 0.782. The molecule has 25 heavy (non-hydrogen) atoms. The van der Waals surface area contributed by atoms with Crippen molar-refractivity contribution < 1.29 is 0 Å². The van der Waals surface area contributed by atoms with Crippen molar-refractivity contribution in [3.8, 4) is 11.1 Å². The molecule has 0 spiro atoms. The summed E-state index contributed by atoms with van der Waals surface area (Å²) in [6.45, 7) is 8.13. The molecule has 1 aromatic heterocycles. The third-order valence-electron chi connectivity index (χ3n) is 4.42. The molecule has 2 heterocycles. The van der Waals surface area contributed by atoms with Crippen LogP contribution >= 0.6 is 34.8 Å². The first-order valence-corrected chi connectivity index (χ1v) is 9.26. The third kappa shape index (κ3) is 3.95. The fourth-order valence-corrected chi connectivity index (χ4v) is 3.64. The Hall–Kier alpha value is -1.27. The largest absolute Gasteiger partial charge is 0.383 e. The monoisotopic (exact) mass is 399 g/mol. The summed E-state index contributed by atoms with van der Waals surface area (Å²) < 4.78 is 0. The van der Waals surface area contributed by atoms with Crippen LogP contribution in [0.1, 0.15) is 13.8 Å². The van der Waals surface area contributed by atoms with E-state index in [0.29, 0.717) is 44.0 Å². The van der Waals surface area contributed by atoms with Gasteiger partial charge < -0.3 is 10.6 Å². The van der Waals surface area contributed by atoms with Crippen molar-refractivity contribution in [2.24, 2.45) is 0 Å². The summed E-state index contributed by atoms with van der Waals surface area (Å²) >= 11 is 18.5. The fourth-order valence-electron chi connectivity index (χ4n) is 2.94. The molecule has 3 rings (SSSR count). The maximum Gasteiger partial charge on any atom is 0.227 e. The standard InChI is InChI=1S/C17H20Cl3N5/c1-10(2)24-3-5-25(6-4-24)17-22-9-13(16(21)23-17)12-7-11(18)8-14(19)15(12)20/h7-10H,3-6H2,1-2H3,(H2,21,22,23). The first-order valence-electron chi connectivity index (χ1n) is 8.13. The molecule has 2 aromatic rings. The third-order valence-corrected chi connectivity index (χ3v) is 5.44. The van der Waals surface area contributed by atoms with Gasteiger partial charge in [0.15, 0.2) is 0 Å². The second-order valence-corrected chi connectivity index (χ2v) is 7.56. The summed E-state index contributed by atoms with van der Waals surface area (Å²) in [4.78, 5) is 13.5. The Balaban J connectivity index is 1.85. The minimum Gasteiger partial charge on any atom is -0.383 e. The van der Waals surface area contributed by atoms with Crippen molar-refractivity contribution in [1.82, 2.24) is 14.9 Å². The lowest BCUT2D eigenvalue weighted by molar-refractivity contribution is 0.208. The number of nitrogens with two attached hydrogens (primary N) is 1. The normalized spacial score (nSPS) is 15.8. The predicted molar refractivity (Wildman–Crippen MR) is 106 cm³/mol. The van der Waals surface area contributed by atoms with Crippen molar-refractivity contribution in [3.63, 3.8) is 0 Å². The lowest BCUT2D eigenvalue weighted by atomic mass is 10.1. The fraction of sp³-hybridized carbons (Fsp3) is 0.412. The number of halogens is 3. The van der Waals surface area contributed by atoms with Gasteiger partial charge >= 0.3 is 0 Å². The summed E-state index contributed by atoms with van der Waals surface area (Å²) in [6, 6.07) is 3.85. The highest BCUT2D eigenvalue weighted by atomic mass is 35.5. The Morgan fingerprint density at radius 1 is 1.04 bits per heavy atom. The average Bonchev–Trinajstić information content (AvgIpc) is 2.58. The summed E-state index contributed by atoms with van der Waals surface area (Å²) in [7, 11) is 0. The van der Waals surface area contributed by atoms with Crippen LogP contribution in [-0.4, -0.2) is 47.1 Å². The molecule has 0 bridgehead atoms. The highest BCUT2D eigenvalue weighted by Gasteiger charge is 2.22. The van der Waals surface area contributed by atoms with Crippen molar-refractivity contribution in [3.05, 3.63) is 33.4 Å². The molecule has 0 saturated carbocycles. The van der Waals surface area contributed by atoms with Gasteiger partial charge in [0.2, 0.25) is 5.95 Å². The Morgan fingerprint density at radius 2 is 1.72 bits per heavy atom. The zero-order valence-corrected chi connectivity index (χ0v) is 16.4. The second-order valence-electron chi connectivity index (χ2n) is 6.33. The van der Waals surface area contributed by atoms with Crippen LogP contribution in [0.4, 0.5) is 11.8 Å². The Labute approximate surface area is 162 Å². The number of anilines is 2. The minimum atomic E-state index is 0.358. The first-order chi connectivity index (χ1) is 11.9. The van der Waals surface area contributed by atoms with Crippen molar-refractivity contribution in [1.29, 1.82) is 0 Å². The van der Waals surface area contributed by atoms with Crippen LogP contribution in [-0.2, 0) is 0 Å². The van der Waals surface area contributed by atoms with Gasteiger partial charge in [-0.2, -0.15) is 4.98 Å². The number of hydrogen-bond acceptors (Lipinski definition) is 5. The van der Waals surface area contributed by atoms with E-state index in [0.717, 1.165) is 26.2 Å². The number of hydrogen-bond donors (Lipinski definition) is 1. The summed E-state index contributed by atoms with van der Waals surface area (Å²) in [5, 5.41) is 1.25. The van der Waals surface area contributed by atoms with Gasteiger partial charge in [-0.25, -0.2) is 4.98 Å². The van der Waals surface area contributed by atoms with Gasteiger partial charge in [0.25, 0.3) is 0 Å². The van der Waals surface area contributed by atoms with Crippen LogP contribution in [0, 0.1) is 0 Å². The second kappa shape index (κ2) is 7.54. The lowest BCUT2D eigenvalue weighted by Gasteiger charge is -2.36. The van der Waals surface area contributed by atoms with E-state index in [2.05, 4.69) is 33.6 Å². The zero-order valence-electron chi connectivity index (χ0n) is 14.1. The minimum absolute atomic E-state index is 0.358. The molecule has 1 aliphatic rings. The number of nitrogens with zero attached hydrogens (tertiary/aromatic N) is 4. The molecule has 0 radical (unpaired) electrons. The molecule has 2 N–H and O–H groups in total. The summed E-state index contributed by atoms with van der Waals surface area (Å²) in [5.41, 5.74) is 7.43. The van der Waals surface area contributed by atoms with E-state index in [4.69, 9.17) is 40.5 Å². The number of aromatic nitrogens is 2. The van der Waals surface area contributed by atoms with Crippen LogP contribution < -0.4 is 10.6 Å². The van der Waals surface area contributed by atoms with Gasteiger partial charge in [0, 0.05) is 54.6 Å². The highest BCUT2D eigenvalue weighted by Crippen LogP contribution is 2.38. The van der Waals surface area contributed by atoms with Gasteiger partial charge in [0.05, 0.1) is 10.0 Å². The Morgan fingerprint density at radius 3 is 2.32 bits per heavy atom. The molecule has 0 aliphatic carbocycles. The van der Waals surface area contributed by atoms with Crippen LogP contribution in [0.3, 0.4) is 0 Å². The van der Waals surface area contributed by atoms with Gasteiger partial charge in [-0.1, -0.05) is 34.8 Å². The van der Waals surface area contributed by atoms with Crippen molar-refractivity contribution >= 4 is 46.6 Å². The lowest BCUT2D eigenvalue weighted by Crippen LogP contribution is -2.49. The summed E-state index contributed by atoms with van der Waals surface area (Å²) in [5.74, 6) is 0.991. The molecular weight excluding hydrogens is 381 g/mol. The Kier molecular flexibility index (Phi) is 5.58. The van der Waals surface area contributed by atoms with E-state index in [-0.39, 0.29) is 0 Å². The Bertz CT molecular complexity index is 773. The van der Waals surface area contributed by atoms with Gasteiger partial charge in [-0.15, -0.1) is 0 Å². The molecule has 8 heteroatoms. The molecule has 134 valence electrons. The van der Waals surface area contributed by atoms with Crippen LogP contribution in [0.25, 0.3) is 11.1 Å². The first kappa shape index (κ1) is 18.5. The number of rotatable bonds is 3. The van der Waals surface area contributed by atoms with Gasteiger partial charge in [0.1, 0.15) is 5.82 Å². The van der Waals surface area contributed by atoms with E-state index >= 15 is 0 Å². The molecule has 0 amide bonds. The van der Waals surface area contributed by atoms with Crippen molar-refractivity contribution in [2.45, 2.75) is 19.9 Å². The van der Waals surface area contributed by atoms with Crippen LogP contribution in [0.5, 0.6) is 0 Å². The van der Waals surface area contributed by atoms with Crippen molar-refractivity contribution in [2.75, 3.05) is 36.8 Å². The molecule has 5 nitrogen and oxygen atoms in total. The molecule has 1 saturated heterocycles. The molecule has 1 aromatic carbocycles. The molecule has 0 atom stereocenters. The van der Waals surface area contributed by atoms with Gasteiger partial charge in [-0.05, 0) is 26.0 Å². The van der Waals surface area contributed by atoms with Crippen LogP contribution in [0.15, 0.2) is 18.3 Å². The topological polar surface area (TPSA) is 58.3 Å². The number of piperazine rings is 1. The number of benzene rings is 1. The highest BCUT2D eigenvalue weighted by molar-refractivity contribution is 6.45. The zero-order chi connectivity index (χ0) is 18.1. The van der Waals surface area contributed by atoms with E-state index < -0.39 is 0 Å². The van der Waals surface area contributed by atoms with E-state index in [1.165, 1.54) is 0 Å². The predicted octanol–water partition coefficient (Wildman–Crippen LogP) is 4.22. The smallest absolute Gasteiger partial charge is 0.227 e. The van der Waals surface area contributed by atoms with Gasteiger partial charge in [-0.3, -0.25) is 4.90 Å². The maximum atomic E-state index is 6.29. The van der Waals surface area contributed by atoms with Crippen LogP contribution in [0.2, 0.25) is 15.1 Å². The molecule has 1 fully saturated rings. The summed E-state index contributed by atoms with van der Waals surface area (Å²) in [6.07, 6.45) is 1.68. The molecular formula is C17H20Cl3N5. The molecule has 1 aliphatic heterocycles. The number of nitrogen functional groups attached to an aromatic ring is 1.